The summed E-state index contributed by atoms with van der Waals surface area (Å²) in [6, 6.07) is 6.06. The number of piperidine rings is 1. The minimum atomic E-state index is -5.01. The molecule has 3 unspecified atom stereocenters. The van der Waals surface area contributed by atoms with Crippen molar-refractivity contribution in [3.63, 3.8) is 0 Å². The fourth-order valence-electron chi connectivity index (χ4n) is 4.38. The Balaban J connectivity index is 1.48. The zero-order valence-corrected chi connectivity index (χ0v) is 19.9. The van der Waals surface area contributed by atoms with Crippen molar-refractivity contribution in [2.45, 2.75) is 62.6 Å². The molecule has 2 fully saturated rings. The SMILES string of the molecule is CC1CCC(NC(=O)Nc2ccc(OC(F)(F)F)cc2F)C(Oc2ccccc2[C@]2(C(F)(F)F)CCO2)N1. The van der Waals surface area contributed by atoms with Crippen molar-refractivity contribution in [1.29, 1.82) is 0 Å². The number of benzene rings is 2. The van der Waals surface area contributed by atoms with Crippen molar-refractivity contribution in [2.75, 3.05) is 11.9 Å². The lowest BCUT2D eigenvalue weighted by Crippen LogP contribution is -2.59. The maximum absolute atomic E-state index is 14.2. The number of carbonyl (C=O) groups is 1. The highest BCUT2D eigenvalue weighted by atomic mass is 19.4. The van der Waals surface area contributed by atoms with Crippen molar-refractivity contribution >= 4 is 11.7 Å². The van der Waals surface area contributed by atoms with Crippen molar-refractivity contribution in [1.82, 2.24) is 10.6 Å². The van der Waals surface area contributed by atoms with E-state index in [1.165, 1.54) is 24.3 Å². The van der Waals surface area contributed by atoms with E-state index in [2.05, 4.69) is 20.7 Å². The van der Waals surface area contributed by atoms with E-state index < -0.39 is 53.7 Å². The Labute approximate surface area is 212 Å². The van der Waals surface area contributed by atoms with Crippen LogP contribution in [0.1, 0.15) is 31.7 Å². The van der Waals surface area contributed by atoms with E-state index >= 15 is 0 Å². The predicted molar refractivity (Wildman–Crippen MR) is 120 cm³/mol. The van der Waals surface area contributed by atoms with Crippen molar-refractivity contribution < 1.29 is 49.7 Å². The number of anilines is 1. The number of halogens is 7. The molecule has 0 saturated carbocycles. The first-order chi connectivity index (χ1) is 17.8. The van der Waals surface area contributed by atoms with Crippen LogP contribution in [0, 0.1) is 5.82 Å². The lowest BCUT2D eigenvalue weighted by Gasteiger charge is -2.44. The van der Waals surface area contributed by atoms with Gasteiger partial charge >= 0.3 is 18.6 Å². The minimum Gasteiger partial charge on any atom is -0.473 e. The second-order valence-corrected chi connectivity index (χ2v) is 9.00. The highest BCUT2D eigenvalue weighted by Crippen LogP contribution is 2.52. The van der Waals surface area contributed by atoms with Crippen LogP contribution in [0.2, 0.25) is 0 Å². The topological polar surface area (TPSA) is 80.9 Å². The molecule has 0 aliphatic carbocycles. The molecule has 0 bridgehead atoms. The molecule has 2 amide bonds. The van der Waals surface area contributed by atoms with Crippen molar-refractivity contribution in [2.24, 2.45) is 0 Å². The monoisotopic (exact) mass is 551 g/mol. The molecule has 2 aliphatic rings. The average molecular weight is 551 g/mol. The van der Waals surface area contributed by atoms with Gasteiger partial charge in [0.25, 0.3) is 0 Å². The molecule has 0 radical (unpaired) electrons. The van der Waals surface area contributed by atoms with Gasteiger partial charge in [0.2, 0.25) is 0 Å². The van der Waals surface area contributed by atoms with Crippen LogP contribution in [0.5, 0.6) is 11.5 Å². The van der Waals surface area contributed by atoms with Crippen LogP contribution in [-0.4, -0.2) is 43.5 Å². The Kier molecular flexibility index (Phi) is 7.66. The van der Waals surface area contributed by atoms with Gasteiger partial charge in [0, 0.05) is 24.1 Å². The van der Waals surface area contributed by atoms with Gasteiger partial charge < -0.3 is 24.8 Å². The molecule has 0 aromatic heterocycles. The molecule has 14 heteroatoms. The molecule has 208 valence electrons. The summed E-state index contributed by atoms with van der Waals surface area (Å²) in [7, 11) is 0. The zero-order valence-electron chi connectivity index (χ0n) is 19.9. The Morgan fingerprint density at radius 3 is 2.42 bits per heavy atom. The lowest BCUT2D eigenvalue weighted by molar-refractivity contribution is -0.334. The third-order valence-electron chi connectivity index (χ3n) is 6.30. The molecular weight excluding hydrogens is 527 g/mol. The first-order valence-corrected chi connectivity index (χ1v) is 11.6. The summed E-state index contributed by atoms with van der Waals surface area (Å²) in [5.41, 5.74) is -3.10. The van der Waals surface area contributed by atoms with Gasteiger partial charge in [-0.05, 0) is 38.0 Å². The molecule has 2 aromatic carbocycles. The number of nitrogens with one attached hydrogen (secondary N) is 3. The van der Waals surface area contributed by atoms with Gasteiger partial charge in [0.05, 0.1) is 18.3 Å². The van der Waals surface area contributed by atoms with E-state index in [0.717, 1.165) is 12.1 Å². The second-order valence-electron chi connectivity index (χ2n) is 9.00. The average Bonchev–Trinajstić information content (AvgIpc) is 2.76. The molecule has 2 aromatic rings. The van der Waals surface area contributed by atoms with Crippen LogP contribution in [0.3, 0.4) is 0 Å². The number of amides is 2. The normalized spacial score (nSPS) is 25.7. The first-order valence-electron chi connectivity index (χ1n) is 11.6. The number of hydrogen-bond donors (Lipinski definition) is 3. The maximum Gasteiger partial charge on any atom is 0.573 e. The summed E-state index contributed by atoms with van der Waals surface area (Å²) in [5.74, 6) is -2.04. The quantitative estimate of drug-likeness (QED) is 0.409. The van der Waals surface area contributed by atoms with E-state index in [4.69, 9.17) is 9.47 Å². The number of alkyl halides is 6. The van der Waals surface area contributed by atoms with Gasteiger partial charge in [-0.1, -0.05) is 18.2 Å². The summed E-state index contributed by atoms with van der Waals surface area (Å²) < 4.78 is 108. The molecule has 2 heterocycles. The molecule has 2 saturated heterocycles. The number of rotatable bonds is 6. The minimum absolute atomic E-state index is 0.0588. The molecule has 4 rings (SSSR count). The molecule has 7 nitrogen and oxygen atoms in total. The predicted octanol–water partition coefficient (Wildman–Crippen LogP) is 5.57. The summed E-state index contributed by atoms with van der Waals surface area (Å²) in [5, 5.41) is 7.88. The number of ether oxygens (including phenoxy) is 3. The highest BCUT2D eigenvalue weighted by molar-refractivity contribution is 5.89. The van der Waals surface area contributed by atoms with Crippen LogP contribution in [-0.2, 0) is 10.3 Å². The highest BCUT2D eigenvalue weighted by Gasteiger charge is 2.62. The second kappa shape index (κ2) is 10.5. The van der Waals surface area contributed by atoms with Gasteiger partial charge in [0.1, 0.15) is 17.3 Å². The molecule has 0 spiro atoms. The largest absolute Gasteiger partial charge is 0.573 e. The van der Waals surface area contributed by atoms with Gasteiger partial charge in [0.15, 0.2) is 11.8 Å². The van der Waals surface area contributed by atoms with Crippen molar-refractivity contribution in [3.8, 4) is 11.5 Å². The molecule has 38 heavy (non-hydrogen) atoms. The number of urea groups is 1. The zero-order chi connectivity index (χ0) is 27.7. The molecule has 2 aliphatic heterocycles. The van der Waals surface area contributed by atoms with E-state index in [-0.39, 0.29) is 30.4 Å². The number of hydrogen-bond acceptors (Lipinski definition) is 5. The lowest BCUT2D eigenvalue weighted by atomic mass is 9.85. The first kappa shape index (κ1) is 27.8. The fourth-order valence-corrected chi connectivity index (χ4v) is 4.38. The fraction of sp³-hybridized carbons (Fsp3) is 0.458. The van der Waals surface area contributed by atoms with Crippen molar-refractivity contribution in [3.05, 3.63) is 53.8 Å². The van der Waals surface area contributed by atoms with Gasteiger partial charge in [-0.2, -0.15) is 13.2 Å². The summed E-state index contributed by atoms with van der Waals surface area (Å²) in [4.78, 5) is 12.6. The Morgan fingerprint density at radius 1 is 1.11 bits per heavy atom. The summed E-state index contributed by atoms with van der Waals surface area (Å²) >= 11 is 0. The molecule has 4 atom stereocenters. The van der Waals surface area contributed by atoms with Gasteiger partial charge in [-0.25, -0.2) is 9.18 Å². The Hall–Kier alpha value is -3.26. The Bertz CT molecular complexity index is 1150. The Morgan fingerprint density at radius 2 is 1.82 bits per heavy atom. The standard InChI is InChI=1S/C24H24F7N3O4/c1-13-6-8-18(34-21(35)33-17-9-7-14(12-16(17)25)38-24(29,30)31)20(32-13)37-19-5-3-2-4-15(19)22(10-11-36-22)23(26,27)28/h2-5,7,9,12-13,18,20,32H,6,8,10-11H2,1H3,(H2,33,34,35)/t13?,18?,20?,22-/m0/s1. The van der Waals surface area contributed by atoms with E-state index in [1.807, 2.05) is 6.92 Å². The number of carbonyl (C=O) groups excluding carboxylic acids is 1. The van der Waals surface area contributed by atoms with Gasteiger partial charge in [-0.15, -0.1) is 13.2 Å². The summed E-state index contributed by atoms with van der Waals surface area (Å²) in [6.45, 7) is 1.78. The third kappa shape index (κ3) is 6.07. The van der Waals surface area contributed by atoms with Gasteiger partial charge in [-0.3, -0.25) is 5.32 Å². The van der Waals surface area contributed by atoms with Crippen LogP contribution in [0.15, 0.2) is 42.5 Å². The maximum atomic E-state index is 14.2. The third-order valence-corrected chi connectivity index (χ3v) is 6.30. The van der Waals surface area contributed by atoms with Crippen LogP contribution in [0.25, 0.3) is 0 Å². The smallest absolute Gasteiger partial charge is 0.473 e. The van der Waals surface area contributed by atoms with Crippen LogP contribution >= 0.6 is 0 Å². The van der Waals surface area contributed by atoms with E-state index in [9.17, 15) is 35.5 Å². The van der Waals surface area contributed by atoms with E-state index in [0.29, 0.717) is 18.9 Å². The molecule has 3 N–H and O–H groups in total. The van der Waals surface area contributed by atoms with Crippen LogP contribution < -0.4 is 25.4 Å². The summed E-state index contributed by atoms with van der Waals surface area (Å²) in [6.07, 6.45) is -9.96. The van der Waals surface area contributed by atoms with Crippen LogP contribution in [0.4, 0.5) is 41.2 Å². The number of para-hydroxylation sites is 1. The van der Waals surface area contributed by atoms with E-state index in [1.54, 1.807) is 0 Å². The molecular formula is C24H24F7N3O4.